The molecule has 0 saturated heterocycles. The van der Waals surface area contributed by atoms with Crippen LogP contribution in [0.15, 0.2) is 0 Å². The molecule has 0 saturated carbocycles. The van der Waals surface area contributed by atoms with Gasteiger partial charge in [0.1, 0.15) is 6.29 Å². The highest BCUT2D eigenvalue weighted by Crippen LogP contribution is 1.83. The molecular weight excluding hydrogens is 99.5 g/mol. The van der Waals surface area contributed by atoms with E-state index in [9.17, 15) is 4.79 Å². The van der Waals surface area contributed by atoms with E-state index in [1.807, 2.05) is 0 Å². The second kappa shape index (κ2) is 4.96. The van der Waals surface area contributed by atoms with Gasteiger partial charge in [-0.2, -0.15) is 0 Å². The van der Waals surface area contributed by atoms with Crippen molar-refractivity contribution < 1.29 is 4.79 Å². The maximum atomic E-state index is 9.45. The van der Waals surface area contributed by atoms with E-state index in [-0.39, 0.29) is 0 Å². The Morgan fingerprint density at radius 2 is 2.33 bits per heavy atom. The van der Waals surface area contributed by atoms with E-state index in [1.165, 1.54) is 6.42 Å². The predicted molar refractivity (Wildman–Crippen MR) is 25.7 cm³/mol. The van der Waals surface area contributed by atoms with Crippen LogP contribution < -0.4 is 0 Å². The maximum Gasteiger partial charge on any atom is 0.123 e. The fourth-order valence-corrected chi connectivity index (χ4v) is 0.257. The molecule has 0 aliphatic carbocycles. The molecule has 1 nitrogen and oxygen atoms in total. The predicted octanol–water partition coefficient (Wildman–Crippen LogP) is 1.02. The van der Waals surface area contributed by atoms with Gasteiger partial charge in [-0.05, 0) is 6.42 Å². The summed E-state index contributed by atoms with van der Waals surface area (Å²) in [6.45, 7) is 0. The van der Waals surface area contributed by atoms with Gasteiger partial charge in [-0.3, -0.25) is 0 Å². The molecule has 0 spiro atoms. The lowest BCUT2D eigenvalue weighted by Gasteiger charge is -1.76. The Kier molecular flexibility index (Phi) is 4.93. The van der Waals surface area contributed by atoms with Crippen molar-refractivity contribution in [1.82, 2.24) is 0 Å². The standard InChI is InChI=1S/C4H6ClO/c5-3-1-2-4-6/h2,4H,1,3H2. The Hall–Kier alpha value is -0.0400. The van der Waals surface area contributed by atoms with Crippen LogP contribution in [0.4, 0.5) is 0 Å². The number of rotatable bonds is 3. The number of hydrogen-bond donors (Lipinski definition) is 0. The Morgan fingerprint density at radius 3 is 2.50 bits per heavy atom. The fraction of sp³-hybridized carbons (Fsp3) is 0.500. The minimum absolute atomic E-state index is 0.540. The zero-order valence-corrected chi connectivity index (χ0v) is 4.11. The molecular formula is C4H6ClO. The first kappa shape index (κ1) is 5.96. The van der Waals surface area contributed by atoms with Crippen molar-refractivity contribution in [3.63, 3.8) is 0 Å². The summed E-state index contributed by atoms with van der Waals surface area (Å²) >= 11 is 5.19. The molecule has 0 aliphatic rings. The zero-order valence-electron chi connectivity index (χ0n) is 3.36. The van der Waals surface area contributed by atoms with Gasteiger partial charge in [-0.25, -0.2) is 0 Å². The van der Waals surface area contributed by atoms with Gasteiger partial charge in [0, 0.05) is 12.3 Å². The molecule has 0 atom stereocenters. The van der Waals surface area contributed by atoms with E-state index >= 15 is 0 Å². The summed E-state index contributed by atoms with van der Waals surface area (Å²) in [6.07, 6.45) is 2.93. The van der Waals surface area contributed by atoms with Gasteiger partial charge in [0.05, 0.1) is 0 Å². The third-order valence-corrected chi connectivity index (χ3v) is 0.590. The highest BCUT2D eigenvalue weighted by atomic mass is 35.5. The van der Waals surface area contributed by atoms with E-state index in [2.05, 4.69) is 0 Å². The van der Waals surface area contributed by atoms with Gasteiger partial charge >= 0.3 is 0 Å². The maximum absolute atomic E-state index is 9.45. The van der Waals surface area contributed by atoms with Crippen LogP contribution >= 0.6 is 11.6 Å². The smallest absolute Gasteiger partial charge is 0.123 e. The molecule has 0 aromatic heterocycles. The summed E-state index contributed by atoms with van der Waals surface area (Å²) in [7, 11) is 0. The molecule has 6 heavy (non-hydrogen) atoms. The van der Waals surface area contributed by atoms with Crippen LogP contribution in [-0.2, 0) is 4.79 Å². The molecule has 2 heteroatoms. The second-order valence-electron chi connectivity index (χ2n) is 0.849. The molecule has 1 radical (unpaired) electrons. The Labute approximate surface area is 42.3 Å². The lowest BCUT2D eigenvalue weighted by atomic mass is 10.4. The summed E-state index contributed by atoms with van der Waals surface area (Å²) in [5, 5.41) is 0. The van der Waals surface area contributed by atoms with Gasteiger partial charge in [0.25, 0.3) is 0 Å². The molecule has 0 N–H and O–H groups in total. The molecule has 0 aromatic carbocycles. The van der Waals surface area contributed by atoms with Crippen LogP contribution in [0.5, 0.6) is 0 Å². The molecule has 35 valence electrons. The van der Waals surface area contributed by atoms with Crippen molar-refractivity contribution in [1.29, 1.82) is 0 Å². The summed E-state index contributed by atoms with van der Waals surface area (Å²) in [5.41, 5.74) is 0. The van der Waals surface area contributed by atoms with Crippen LogP contribution in [0, 0.1) is 6.42 Å². The van der Waals surface area contributed by atoms with Crippen LogP contribution in [0.2, 0.25) is 0 Å². The molecule has 0 heterocycles. The first-order valence-electron chi connectivity index (χ1n) is 1.74. The van der Waals surface area contributed by atoms with Crippen LogP contribution in [0.1, 0.15) is 6.42 Å². The van der Waals surface area contributed by atoms with Gasteiger partial charge in [0.2, 0.25) is 0 Å². The largest absolute Gasteiger partial charge is 0.303 e. The number of hydrogen-bond acceptors (Lipinski definition) is 1. The van der Waals surface area contributed by atoms with Crippen LogP contribution in [0.3, 0.4) is 0 Å². The van der Waals surface area contributed by atoms with Crippen LogP contribution in [-0.4, -0.2) is 12.2 Å². The molecule has 0 aliphatic heterocycles. The topological polar surface area (TPSA) is 17.1 Å². The number of carbonyl (C=O) groups excluding carboxylic acids is 1. The molecule has 0 fully saturated rings. The SMILES string of the molecule is O=C[CH]CCCl. The van der Waals surface area contributed by atoms with E-state index < -0.39 is 0 Å². The van der Waals surface area contributed by atoms with Crippen molar-refractivity contribution in [2.24, 2.45) is 0 Å². The first-order chi connectivity index (χ1) is 2.91. The highest BCUT2D eigenvalue weighted by molar-refractivity contribution is 6.18. The molecule has 0 bridgehead atoms. The average Bonchev–Trinajstić information content (AvgIpc) is 1.61. The van der Waals surface area contributed by atoms with Gasteiger partial charge < -0.3 is 4.79 Å². The monoisotopic (exact) mass is 105 g/mol. The Morgan fingerprint density at radius 1 is 1.67 bits per heavy atom. The number of aldehydes is 1. The van der Waals surface area contributed by atoms with Gasteiger partial charge in [-0.1, -0.05) is 0 Å². The fourth-order valence-electron chi connectivity index (χ4n) is 0.131. The number of carbonyl (C=O) groups is 1. The van der Waals surface area contributed by atoms with E-state index in [0.717, 1.165) is 6.29 Å². The molecule has 0 unspecified atom stereocenters. The van der Waals surface area contributed by atoms with Crippen molar-refractivity contribution in [2.45, 2.75) is 6.42 Å². The zero-order chi connectivity index (χ0) is 4.83. The lowest BCUT2D eigenvalue weighted by Crippen LogP contribution is -1.75. The third kappa shape index (κ3) is 3.96. The van der Waals surface area contributed by atoms with E-state index in [1.54, 1.807) is 0 Å². The van der Waals surface area contributed by atoms with Crippen LogP contribution in [0.25, 0.3) is 0 Å². The van der Waals surface area contributed by atoms with E-state index in [4.69, 9.17) is 11.6 Å². The molecule has 0 aromatic rings. The molecule has 0 rings (SSSR count). The van der Waals surface area contributed by atoms with Crippen molar-refractivity contribution in [2.75, 3.05) is 5.88 Å². The second-order valence-corrected chi connectivity index (χ2v) is 1.23. The number of halogens is 1. The Bertz CT molecular complexity index is 36.5. The summed E-state index contributed by atoms with van der Waals surface area (Å²) < 4.78 is 0. The summed E-state index contributed by atoms with van der Waals surface area (Å²) in [4.78, 5) is 9.45. The average molecular weight is 106 g/mol. The number of alkyl halides is 1. The van der Waals surface area contributed by atoms with Crippen molar-refractivity contribution >= 4 is 17.9 Å². The summed E-state index contributed by atoms with van der Waals surface area (Å²) in [5.74, 6) is 0.540. The van der Waals surface area contributed by atoms with Crippen molar-refractivity contribution in [3.8, 4) is 0 Å². The Balaban J connectivity index is 2.49. The van der Waals surface area contributed by atoms with Gasteiger partial charge in [0.15, 0.2) is 0 Å². The number of unbranched alkanes of at least 4 members (excludes halogenated alkanes) is 1. The quantitative estimate of drug-likeness (QED) is 0.298. The van der Waals surface area contributed by atoms with Crippen molar-refractivity contribution in [3.05, 3.63) is 6.42 Å². The third-order valence-electron chi connectivity index (χ3n) is 0.372. The minimum atomic E-state index is 0.540. The normalized spacial score (nSPS) is 8.17. The highest BCUT2D eigenvalue weighted by Gasteiger charge is 1.77. The minimum Gasteiger partial charge on any atom is -0.303 e. The van der Waals surface area contributed by atoms with Gasteiger partial charge in [-0.15, -0.1) is 11.6 Å². The summed E-state index contributed by atoms with van der Waals surface area (Å²) in [6, 6.07) is 0. The molecule has 0 amide bonds. The first-order valence-corrected chi connectivity index (χ1v) is 2.28. The lowest BCUT2D eigenvalue weighted by molar-refractivity contribution is -0.105. The van der Waals surface area contributed by atoms with E-state index in [0.29, 0.717) is 12.3 Å².